The fourth-order valence-corrected chi connectivity index (χ4v) is 2.96. The Morgan fingerprint density at radius 1 is 1.08 bits per heavy atom. The number of rotatable bonds is 3. The van der Waals surface area contributed by atoms with Gasteiger partial charge < -0.3 is 0 Å². The molecule has 1 heterocycles. The van der Waals surface area contributed by atoms with Gasteiger partial charge in [-0.3, -0.25) is 10.1 Å². The number of carbonyl (C=O) groups excluding carboxylic acids is 1. The molecular weight excluding hydrogens is 380 g/mol. The van der Waals surface area contributed by atoms with Gasteiger partial charge in [0, 0.05) is 16.0 Å². The molecule has 0 bridgehead atoms. The molecule has 0 spiro atoms. The number of thiazole rings is 1. The van der Waals surface area contributed by atoms with Crippen LogP contribution in [0.2, 0.25) is 5.02 Å². The minimum atomic E-state index is -2.05. The molecule has 0 radical (unpaired) electrons. The van der Waals surface area contributed by atoms with Crippen molar-refractivity contribution in [3.05, 3.63) is 69.6 Å². The number of nitrogens with zero attached hydrogens (tertiary/aromatic N) is 1. The molecule has 1 N–H and O–H groups in total. The van der Waals surface area contributed by atoms with Crippen LogP contribution in [0.3, 0.4) is 0 Å². The second-order valence-corrected chi connectivity index (χ2v) is 6.09. The first-order chi connectivity index (χ1) is 11.9. The number of amides is 1. The summed E-state index contributed by atoms with van der Waals surface area (Å²) >= 11 is 7.06. The molecule has 0 unspecified atom stereocenters. The van der Waals surface area contributed by atoms with Gasteiger partial charge in [-0.05, 0) is 12.1 Å². The van der Waals surface area contributed by atoms with E-state index in [9.17, 15) is 22.4 Å². The average Bonchev–Trinajstić information content (AvgIpc) is 3.04. The molecule has 1 amide bonds. The lowest BCUT2D eigenvalue weighted by Gasteiger charge is -2.05. The Bertz CT molecular complexity index is 977. The maximum absolute atomic E-state index is 13.6. The maximum Gasteiger partial charge on any atom is 0.260 e. The standard InChI is InChI=1S/C16H7ClF4N2OS/c17-9-4-2-1-3-7(9)11-6-25-16(22-11)23-15(24)8-5-10(18)13(20)14(21)12(8)19/h1-6H,(H,22,23,24). The molecule has 0 aliphatic rings. The highest BCUT2D eigenvalue weighted by molar-refractivity contribution is 7.14. The van der Waals surface area contributed by atoms with E-state index in [-0.39, 0.29) is 11.2 Å². The van der Waals surface area contributed by atoms with Crippen LogP contribution in [0.25, 0.3) is 11.3 Å². The lowest BCUT2D eigenvalue weighted by molar-refractivity contribution is 0.102. The molecule has 0 atom stereocenters. The summed E-state index contributed by atoms with van der Waals surface area (Å²) in [6.07, 6.45) is 0. The molecule has 3 rings (SSSR count). The quantitative estimate of drug-likeness (QED) is 0.378. The molecule has 3 aromatic rings. The molecular formula is C16H7ClF4N2OS. The highest BCUT2D eigenvalue weighted by Crippen LogP contribution is 2.30. The van der Waals surface area contributed by atoms with Gasteiger partial charge in [0.15, 0.2) is 28.4 Å². The predicted molar refractivity (Wildman–Crippen MR) is 86.8 cm³/mol. The van der Waals surface area contributed by atoms with Crippen LogP contribution in [0, 0.1) is 23.3 Å². The third kappa shape index (κ3) is 3.35. The largest absolute Gasteiger partial charge is 0.298 e. The molecule has 0 saturated heterocycles. The minimum absolute atomic E-state index is 0.0597. The molecule has 1 aromatic heterocycles. The van der Waals surface area contributed by atoms with E-state index in [1.807, 2.05) is 0 Å². The van der Waals surface area contributed by atoms with E-state index in [0.717, 1.165) is 11.3 Å². The van der Waals surface area contributed by atoms with Crippen LogP contribution in [0.1, 0.15) is 10.4 Å². The van der Waals surface area contributed by atoms with Gasteiger partial charge in [0.25, 0.3) is 5.91 Å². The minimum Gasteiger partial charge on any atom is -0.298 e. The third-order valence-electron chi connectivity index (χ3n) is 3.22. The summed E-state index contributed by atoms with van der Waals surface area (Å²) in [4.78, 5) is 16.1. The first-order valence-electron chi connectivity index (χ1n) is 6.73. The van der Waals surface area contributed by atoms with Crippen molar-refractivity contribution in [2.75, 3.05) is 5.32 Å². The van der Waals surface area contributed by atoms with Gasteiger partial charge in [0.2, 0.25) is 0 Å². The monoisotopic (exact) mass is 386 g/mol. The fraction of sp³-hybridized carbons (Fsp3) is 0. The van der Waals surface area contributed by atoms with Crippen molar-refractivity contribution in [3.8, 4) is 11.3 Å². The van der Waals surface area contributed by atoms with Crippen LogP contribution in [0.4, 0.5) is 22.7 Å². The van der Waals surface area contributed by atoms with Crippen LogP contribution >= 0.6 is 22.9 Å². The van der Waals surface area contributed by atoms with Crippen LogP contribution in [-0.4, -0.2) is 10.9 Å². The van der Waals surface area contributed by atoms with E-state index in [1.165, 1.54) is 0 Å². The van der Waals surface area contributed by atoms with E-state index in [2.05, 4.69) is 10.3 Å². The van der Waals surface area contributed by atoms with Gasteiger partial charge in [0.05, 0.1) is 11.3 Å². The van der Waals surface area contributed by atoms with Crippen LogP contribution in [-0.2, 0) is 0 Å². The average molecular weight is 387 g/mol. The summed E-state index contributed by atoms with van der Waals surface area (Å²) < 4.78 is 53.0. The van der Waals surface area contributed by atoms with Gasteiger partial charge in [-0.15, -0.1) is 11.3 Å². The number of nitrogens with one attached hydrogen (secondary N) is 1. The highest BCUT2D eigenvalue weighted by Gasteiger charge is 2.23. The van der Waals surface area contributed by atoms with Crippen molar-refractivity contribution in [2.24, 2.45) is 0 Å². The van der Waals surface area contributed by atoms with Crippen molar-refractivity contribution >= 4 is 34.0 Å². The Hall–Kier alpha value is -2.45. The molecule has 0 fully saturated rings. The van der Waals surface area contributed by atoms with Crippen molar-refractivity contribution < 1.29 is 22.4 Å². The Labute approximate surface area is 147 Å². The zero-order chi connectivity index (χ0) is 18.1. The summed E-state index contributed by atoms with van der Waals surface area (Å²) in [6.45, 7) is 0. The fourth-order valence-electron chi connectivity index (χ4n) is 2.03. The van der Waals surface area contributed by atoms with Crippen molar-refractivity contribution in [2.45, 2.75) is 0 Å². The molecule has 0 saturated carbocycles. The predicted octanol–water partition coefficient (Wildman–Crippen LogP) is 5.27. The number of carbonyl (C=O) groups is 1. The Balaban J connectivity index is 1.87. The Morgan fingerprint density at radius 3 is 2.52 bits per heavy atom. The number of benzene rings is 2. The molecule has 128 valence electrons. The van der Waals surface area contributed by atoms with Crippen LogP contribution in [0.15, 0.2) is 35.7 Å². The Kier molecular flexibility index (Phi) is 4.73. The number of halogens is 5. The molecule has 2 aromatic carbocycles. The third-order valence-corrected chi connectivity index (χ3v) is 4.31. The number of anilines is 1. The smallest absolute Gasteiger partial charge is 0.260 e. The first-order valence-corrected chi connectivity index (χ1v) is 7.99. The molecule has 9 heteroatoms. The van der Waals surface area contributed by atoms with Gasteiger partial charge >= 0.3 is 0 Å². The SMILES string of the molecule is O=C(Nc1nc(-c2ccccc2Cl)cs1)c1cc(F)c(F)c(F)c1F. The topological polar surface area (TPSA) is 42.0 Å². The Morgan fingerprint density at radius 2 is 1.80 bits per heavy atom. The zero-order valence-electron chi connectivity index (χ0n) is 12.1. The summed E-state index contributed by atoms with van der Waals surface area (Å²) in [5, 5.41) is 4.31. The second kappa shape index (κ2) is 6.81. The van der Waals surface area contributed by atoms with Crippen LogP contribution in [0.5, 0.6) is 0 Å². The van der Waals surface area contributed by atoms with E-state index >= 15 is 0 Å². The summed E-state index contributed by atoms with van der Waals surface area (Å²) in [6, 6.07) is 7.15. The highest BCUT2D eigenvalue weighted by atomic mass is 35.5. The number of hydrogen-bond acceptors (Lipinski definition) is 3. The van der Waals surface area contributed by atoms with Crippen LogP contribution < -0.4 is 5.32 Å². The lowest BCUT2D eigenvalue weighted by Crippen LogP contribution is -2.16. The normalized spacial score (nSPS) is 10.8. The van der Waals surface area contributed by atoms with Gasteiger partial charge in [-0.2, -0.15) is 0 Å². The maximum atomic E-state index is 13.6. The van der Waals surface area contributed by atoms with E-state index in [1.54, 1.807) is 29.6 Å². The number of hydrogen-bond donors (Lipinski definition) is 1. The zero-order valence-corrected chi connectivity index (χ0v) is 13.7. The van der Waals surface area contributed by atoms with Gasteiger partial charge in [0.1, 0.15) is 0 Å². The first kappa shape index (κ1) is 17.4. The molecule has 3 nitrogen and oxygen atoms in total. The van der Waals surface area contributed by atoms with E-state index in [0.29, 0.717) is 16.3 Å². The van der Waals surface area contributed by atoms with Crippen molar-refractivity contribution in [1.82, 2.24) is 4.98 Å². The molecule has 0 aliphatic heterocycles. The van der Waals surface area contributed by atoms with E-state index < -0.39 is 34.7 Å². The van der Waals surface area contributed by atoms with Crippen molar-refractivity contribution in [1.29, 1.82) is 0 Å². The summed E-state index contributed by atoms with van der Waals surface area (Å²) in [5.41, 5.74) is 0.111. The lowest BCUT2D eigenvalue weighted by atomic mass is 10.1. The van der Waals surface area contributed by atoms with Crippen molar-refractivity contribution in [3.63, 3.8) is 0 Å². The second-order valence-electron chi connectivity index (χ2n) is 4.82. The molecule has 25 heavy (non-hydrogen) atoms. The summed E-state index contributed by atoms with van der Waals surface area (Å²) in [7, 11) is 0. The summed E-state index contributed by atoms with van der Waals surface area (Å²) in [5.74, 6) is -8.64. The van der Waals surface area contributed by atoms with E-state index in [4.69, 9.17) is 11.6 Å². The number of aromatic nitrogens is 1. The van der Waals surface area contributed by atoms with Gasteiger partial charge in [-0.25, -0.2) is 22.5 Å². The van der Waals surface area contributed by atoms with Gasteiger partial charge in [-0.1, -0.05) is 29.8 Å². The molecule has 0 aliphatic carbocycles.